The van der Waals surface area contributed by atoms with E-state index in [-0.39, 0.29) is 0 Å². The Hall–Kier alpha value is -1.04. The van der Waals surface area contributed by atoms with E-state index < -0.39 is 0 Å². The molecule has 0 aliphatic carbocycles. The molecule has 0 N–H and O–H groups in total. The Bertz CT molecular complexity index is 350. The fourth-order valence-electron chi connectivity index (χ4n) is 2.04. The summed E-state index contributed by atoms with van der Waals surface area (Å²) in [4.78, 5) is 0. The zero-order valence-corrected chi connectivity index (χ0v) is 14.3. The van der Waals surface area contributed by atoms with E-state index in [0.29, 0.717) is 0 Å². The lowest BCUT2D eigenvalue weighted by Gasteiger charge is -2.02. The molecule has 0 aliphatic heterocycles. The number of allylic oxidation sites excluding steroid dienone is 8. The second kappa shape index (κ2) is 13.0. The van der Waals surface area contributed by atoms with Crippen LogP contribution in [0.2, 0.25) is 0 Å². The van der Waals surface area contributed by atoms with Crippen molar-refractivity contribution in [3.63, 3.8) is 0 Å². The summed E-state index contributed by atoms with van der Waals surface area (Å²) in [6, 6.07) is 0. The first-order valence-corrected chi connectivity index (χ1v) is 8.18. The summed E-state index contributed by atoms with van der Waals surface area (Å²) >= 11 is 0. The van der Waals surface area contributed by atoms with Gasteiger partial charge in [0.05, 0.1) is 0 Å². The molecule has 0 radical (unpaired) electrons. The topological polar surface area (TPSA) is 0 Å². The number of hydrogen-bond acceptors (Lipinski definition) is 0. The summed E-state index contributed by atoms with van der Waals surface area (Å²) in [5.41, 5.74) is 4.55. The van der Waals surface area contributed by atoms with Gasteiger partial charge in [0.2, 0.25) is 0 Å². The lowest BCUT2D eigenvalue weighted by Crippen LogP contribution is -1.81. The van der Waals surface area contributed by atoms with Gasteiger partial charge in [-0.3, -0.25) is 0 Å². The van der Waals surface area contributed by atoms with Gasteiger partial charge in [0.25, 0.3) is 0 Å². The Kier molecular flexibility index (Phi) is 12.3. The van der Waals surface area contributed by atoms with E-state index in [2.05, 4.69) is 65.0 Å². The Morgan fingerprint density at radius 2 is 1.20 bits per heavy atom. The van der Waals surface area contributed by atoms with Gasteiger partial charge in [-0.15, -0.1) is 0 Å². The molecule has 0 heterocycles. The van der Waals surface area contributed by atoms with Gasteiger partial charge in [-0.05, 0) is 72.6 Å². The van der Waals surface area contributed by atoms with Crippen LogP contribution in [0.1, 0.15) is 79.6 Å². The molecule has 0 bridgehead atoms. The van der Waals surface area contributed by atoms with Crippen molar-refractivity contribution in [2.45, 2.75) is 79.6 Å². The quantitative estimate of drug-likeness (QED) is 0.371. The molecule has 114 valence electrons. The third kappa shape index (κ3) is 12.0. The summed E-state index contributed by atoms with van der Waals surface area (Å²) in [5.74, 6) is 0. The average Bonchev–Trinajstić information content (AvgIpc) is 2.43. The van der Waals surface area contributed by atoms with E-state index >= 15 is 0 Å². The molecule has 0 atom stereocenters. The summed E-state index contributed by atoms with van der Waals surface area (Å²) in [6.45, 7) is 11.0. The molecule has 0 rings (SSSR count). The van der Waals surface area contributed by atoms with Gasteiger partial charge in [-0.2, -0.15) is 0 Å². The van der Waals surface area contributed by atoms with Crippen molar-refractivity contribution in [3.05, 3.63) is 47.1 Å². The molecule has 0 unspecified atom stereocenters. The minimum Gasteiger partial charge on any atom is -0.0888 e. The van der Waals surface area contributed by atoms with Gasteiger partial charge in [0, 0.05) is 0 Å². The fourth-order valence-corrected chi connectivity index (χ4v) is 2.04. The maximum Gasteiger partial charge on any atom is -0.0288 e. The van der Waals surface area contributed by atoms with Gasteiger partial charge in [0.1, 0.15) is 0 Å². The van der Waals surface area contributed by atoms with Gasteiger partial charge in [0.15, 0.2) is 0 Å². The van der Waals surface area contributed by atoms with Gasteiger partial charge in [-0.1, -0.05) is 54.0 Å². The standard InChI is InChI=1S/C20H34/c1-6-8-9-10-13-19(4)16-12-17-20(5)15-11-14-18(3)7-2/h7-9,15-16H,6,10-14,17H2,1-5H3/b9-8?,18-7-,19-16-,20-15+. The molecule has 0 nitrogen and oxygen atoms in total. The predicted molar refractivity (Wildman–Crippen MR) is 94.1 cm³/mol. The van der Waals surface area contributed by atoms with E-state index in [1.54, 1.807) is 0 Å². The van der Waals surface area contributed by atoms with Crippen molar-refractivity contribution >= 4 is 0 Å². The van der Waals surface area contributed by atoms with Crippen LogP contribution in [0.5, 0.6) is 0 Å². The molecule has 0 fully saturated rings. The highest BCUT2D eigenvalue weighted by atomic mass is 14.0. The highest BCUT2D eigenvalue weighted by Crippen LogP contribution is 2.12. The van der Waals surface area contributed by atoms with Crippen LogP contribution >= 0.6 is 0 Å². The van der Waals surface area contributed by atoms with E-state index in [1.165, 1.54) is 55.2 Å². The summed E-state index contributed by atoms with van der Waals surface area (Å²) < 4.78 is 0. The number of hydrogen-bond donors (Lipinski definition) is 0. The second-order valence-electron chi connectivity index (χ2n) is 5.73. The second-order valence-corrected chi connectivity index (χ2v) is 5.73. The summed E-state index contributed by atoms with van der Waals surface area (Å²) in [5, 5.41) is 0. The van der Waals surface area contributed by atoms with E-state index in [0.717, 1.165) is 6.42 Å². The zero-order valence-electron chi connectivity index (χ0n) is 14.3. The Morgan fingerprint density at radius 1 is 0.700 bits per heavy atom. The molecule has 0 saturated heterocycles. The van der Waals surface area contributed by atoms with Crippen molar-refractivity contribution in [2.24, 2.45) is 0 Å². The van der Waals surface area contributed by atoms with Crippen molar-refractivity contribution in [1.82, 2.24) is 0 Å². The van der Waals surface area contributed by atoms with Gasteiger partial charge >= 0.3 is 0 Å². The van der Waals surface area contributed by atoms with Crippen molar-refractivity contribution in [1.29, 1.82) is 0 Å². The average molecular weight is 274 g/mol. The highest BCUT2D eigenvalue weighted by Gasteiger charge is 1.92. The first kappa shape index (κ1) is 19.0. The lowest BCUT2D eigenvalue weighted by atomic mass is 10.0. The Labute approximate surface area is 127 Å². The lowest BCUT2D eigenvalue weighted by molar-refractivity contribution is 0.900. The molecule has 0 aromatic rings. The Morgan fingerprint density at radius 3 is 1.70 bits per heavy atom. The molecular formula is C20H34. The van der Waals surface area contributed by atoms with Crippen LogP contribution in [0, 0.1) is 0 Å². The maximum absolute atomic E-state index is 2.41. The number of rotatable bonds is 10. The van der Waals surface area contributed by atoms with Gasteiger partial charge in [-0.25, -0.2) is 0 Å². The van der Waals surface area contributed by atoms with Crippen LogP contribution in [-0.2, 0) is 0 Å². The van der Waals surface area contributed by atoms with Gasteiger partial charge < -0.3 is 0 Å². The van der Waals surface area contributed by atoms with Crippen LogP contribution in [0.3, 0.4) is 0 Å². The van der Waals surface area contributed by atoms with Crippen LogP contribution in [0.25, 0.3) is 0 Å². The molecule has 0 aliphatic rings. The van der Waals surface area contributed by atoms with E-state index in [4.69, 9.17) is 0 Å². The maximum atomic E-state index is 2.41. The first-order chi connectivity index (χ1) is 9.60. The van der Waals surface area contributed by atoms with E-state index in [9.17, 15) is 0 Å². The fraction of sp³-hybridized carbons (Fsp3) is 0.600. The van der Waals surface area contributed by atoms with E-state index in [1.807, 2.05) is 0 Å². The predicted octanol–water partition coefficient (Wildman–Crippen LogP) is 7.15. The minimum absolute atomic E-state index is 1.15. The van der Waals surface area contributed by atoms with Crippen LogP contribution in [0.4, 0.5) is 0 Å². The molecule has 20 heavy (non-hydrogen) atoms. The van der Waals surface area contributed by atoms with Crippen molar-refractivity contribution in [3.8, 4) is 0 Å². The first-order valence-electron chi connectivity index (χ1n) is 8.18. The van der Waals surface area contributed by atoms with Crippen molar-refractivity contribution < 1.29 is 0 Å². The normalized spacial score (nSPS) is 14.3. The summed E-state index contributed by atoms with van der Waals surface area (Å²) in [7, 11) is 0. The SMILES string of the molecule is C/C=C(/C)CC/C=C(\C)CC/C=C(/C)CCC=CCC. The monoisotopic (exact) mass is 274 g/mol. The highest BCUT2D eigenvalue weighted by molar-refractivity contribution is 5.06. The third-order valence-corrected chi connectivity index (χ3v) is 3.66. The van der Waals surface area contributed by atoms with Crippen LogP contribution in [0.15, 0.2) is 47.1 Å². The minimum atomic E-state index is 1.15. The molecular weight excluding hydrogens is 240 g/mol. The van der Waals surface area contributed by atoms with Crippen LogP contribution in [-0.4, -0.2) is 0 Å². The molecule has 0 saturated carbocycles. The molecule has 0 aromatic carbocycles. The zero-order chi connectivity index (χ0) is 15.2. The van der Waals surface area contributed by atoms with Crippen molar-refractivity contribution in [2.75, 3.05) is 0 Å². The molecule has 0 heteroatoms. The van der Waals surface area contributed by atoms with Crippen LogP contribution < -0.4 is 0 Å². The molecule has 0 amide bonds. The molecule has 0 spiro atoms. The smallest absolute Gasteiger partial charge is 0.0288 e. The Balaban J connectivity index is 3.85. The molecule has 0 aromatic heterocycles. The summed E-state index contributed by atoms with van der Waals surface area (Å²) in [6.07, 6.45) is 19.9. The third-order valence-electron chi connectivity index (χ3n) is 3.66. The largest absolute Gasteiger partial charge is 0.0888 e.